The molecule has 0 heterocycles. The molecule has 0 aliphatic carbocycles. The van der Waals surface area contributed by atoms with Crippen LogP contribution in [-0.2, 0) is 14.8 Å². The number of carbonyl (C=O) groups excluding carboxylic acids is 1. The van der Waals surface area contributed by atoms with Crippen molar-refractivity contribution in [3.05, 3.63) is 143 Å². The summed E-state index contributed by atoms with van der Waals surface area (Å²) in [7, 11) is -3.93. The summed E-state index contributed by atoms with van der Waals surface area (Å²) in [4.78, 5) is 12.4. The normalized spacial score (nSPS) is 12.3. The van der Waals surface area contributed by atoms with Crippen LogP contribution in [0.5, 0.6) is 0 Å². The van der Waals surface area contributed by atoms with Crippen molar-refractivity contribution in [3.8, 4) is 0 Å². The molecule has 1 amide bonds. The van der Waals surface area contributed by atoms with Crippen LogP contribution in [0.15, 0.2) is 120 Å². The Balaban J connectivity index is 1.59. The van der Waals surface area contributed by atoms with Gasteiger partial charge < -0.3 is 0 Å². The van der Waals surface area contributed by atoms with Crippen LogP contribution in [0.4, 0.5) is 0 Å². The number of allylic oxidation sites excluding steroid dienone is 1. The van der Waals surface area contributed by atoms with Crippen LogP contribution in [0, 0.1) is 6.92 Å². The average Bonchev–Trinajstić information content (AvgIpc) is 2.91. The van der Waals surface area contributed by atoms with Crippen LogP contribution in [0.25, 0.3) is 17.2 Å². The van der Waals surface area contributed by atoms with Gasteiger partial charge in [-0.05, 0) is 70.5 Å². The summed E-state index contributed by atoms with van der Waals surface area (Å²) in [6, 6.07) is 35.0. The molecular formula is C32H29NO3S. The van der Waals surface area contributed by atoms with Gasteiger partial charge in [0, 0.05) is 6.08 Å². The van der Waals surface area contributed by atoms with Crippen molar-refractivity contribution in [2.75, 3.05) is 0 Å². The molecule has 0 spiro atoms. The lowest BCUT2D eigenvalue weighted by atomic mass is 9.88. The molecule has 186 valence electrons. The topological polar surface area (TPSA) is 63.2 Å². The molecular weight excluding hydrogens is 478 g/mol. The van der Waals surface area contributed by atoms with E-state index in [1.54, 1.807) is 25.1 Å². The van der Waals surface area contributed by atoms with E-state index in [9.17, 15) is 13.2 Å². The molecule has 0 bridgehead atoms. The maximum atomic E-state index is 12.5. The minimum Gasteiger partial charge on any atom is -0.269 e. The molecule has 0 fully saturated rings. The third kappa shape index (κ3) is 6.51. The van der Waals surface area contributed by atoms with E-state index in [0.29, 0.717) is 0 Å². The molecule has 4 rings (SSSR count). The predicted octanol–water partition coefficient (Wildman–Crippen LogP) is 6.88. The number of carbonyl (C=O) groups is 1. The van der Waals surface area contributed by atoms with Gasteiger partial charge >= 0.3 is 0 Å². The third-order valence-electron chi connectivity index (χ3n) is 6.00. The number of nitrogens with one attached hydrogen (secondary N) is 1. The first kappa shape index (κ1) is 25.9. The van der Waals surface area contributed by atoms with Gasteiger partial charge in [0.05, 0.1) is 4.90 Å². The lowest BCUT2D eigenvalue weighted by Crippen LogP contribution is -2.29. The van der Waals surface area contributed by atoms with Crippen molar-refractivity contribution in [2.45, 2.75) is 25.2 Å². The fourth-order valence-electron chi connectivity index (χ4n) is 4.23. The van der Waals surface area contributed by atoms with Gasteiger partial charge in [0.2, 0.25) is 0 Å². The predicted molar refractivity (Wildman–Crippen MR) is 151 cm³/mol. The van der Waals surface area contributed by atoms with Gasteiger partial charge in [-0.15, -0.1) is 0 Å². The molecule has 0 atom stereocenters. The molecule has 4 aromatic rings. The van der Waals surface area contributed by atoms with Crippen LogP contribution in [0.2, 0.25) is 0 Å². The van der Waals surface area contributed by atoms with Crippen molar-refractivity contribution in [1.82, 2.24) is 4.72 Å². The molecule has 4 nitrogen and oxygen atoms in total. The molecule has 37 heavy (non-hydrogen) atoms. The molecule has 0 aliphatic heterocycles. The van der Waals surface area contributed by atoms with Gasteiger partial charge in [-0.25, -0.2) is 13.1 Å². The number of hydrogen-bond acceptors (Lipinski definition) is 3. The van der Waals surface area contributed by atoms with Crippen LogP contribution in [-0.4, -0.2) is 14.3 Å². The van der Waals surface area contributed by atoms with Gasteiger partial charge in [0.15, 0.2) is 0 Å². The lowest BCUT2D eigenvalue weighted by Gasteiger charge is -2.16. The summed E-state index contributed by atoms with van der Waals surface area (Å²) in [5.74, 6) is -0.701. The summed E-state index contributed by atoms with van der Waals surface area (Å²) >= 11 is 0. The second-order valence-electron chi connectivity index (χ2n) is 8.68. The molecule has 1 N–H and O–H groups in total. The average molecular weight is 508 g/mol. The van der Waals surface area contributed by atoms with E-state index >= 15 is 0 Å². The molecule has 4 aromatic carbocycles. The minimum atomic E-state index is -3.93. The molecule has 0 saturated heterocycles. The van der Waals surface area contributed by atoms with Crippen molar-refractivity contribution in [2.24, 2.45) is 0 Å². The monoisotopic (exact) mass is 507 g/mol. The van der Waals surface area contributed by atoms with E-state index in [2.05, 4.69) is 35.9 Å². The Bertz CT molecular complexity index is 1540. The maximum Gasteiger partial charge on any atom is 0.264 e. The van der Waals surface area contributed by atoms with Gasteiger partial charge in [0.25, 0.3) is 15.9 Å². The number of rotatable bonds is 8. The Kier molecular flexibility index (Phi) is 8.16. The standard InChI is InChI=1S/C32H29NO3S/c1-3-30(26-12-6-4-7-13-26)32(27-14-8-5-9-15-27)28-20-17-25(18-21-28)19-22-31(34)33-37(35,36)29-16-10-11-24(2)23-29/h4-23H,3H2,1-2H3,(H,33,34)/b22-19+,32-30-. The Labute approximate surface area is 219 Å². The molecule has 0 aromatic heterocycles. The highest BCUT2D eigenvalue weighted by molar-refractivity contribution is 7.90. The first-order valence-electron chi connectivity index (χ1n) is 12.1. The Morgan fingerprint density at radius 3 is 1.95 bits per heavy atom. The summed E-state index contributed by atoms with van der Waals surface area (Å²) in [5.41, 5.74) is 7.37. The van der Waals surface area contributed by atoms with Crippen molar-refractivity contribution < 1.29 is 13.2 Å². The van der Waals surface area contributed by atoms with E-state index in [1.165, 1.54) is 29.3 Å². The molecule has 0 saturated carbocycles. The smallest absolute Gasteiger partial charge is 0.264 e. The number of benzene rings is 4. The van der Waals surface area contributed by atoms with E-state index in [1.807, 2.05) is 60.7 Å². The van der Waals surface area contributed by atoms with Gasteiger partial charge in [-0.2, -0.15) is 0 Å². The highest BCUT2D eigenvalue weighted by atomic mass is 32.2. The molecule has 5 heteroatoms. The fraction of sp³-hybridized carbons (Fsp3) is 0.0938. The summed E-state index contributed by atoms with van der Waals surface area (Å²) in [6.07, 6.45) is 3.71. The second-order valence-corrected chi connectivity index (χ2v) is 10.4. The first-order chi connectivity index (χ1) is 17.9. The summed E-state index contributed by atoms with van der Waals surface area (Å²) < 4.78 is 27.1. The Morgan fingerprint density at radius 2 is 1.35 bits per heavy atom. The minimum absolute atomic E-state index is 0.0592. The van der Waals surface area contributed by atoms with Crippen molar-refractivity contribution >= 4 is 33.2 Å². The maximum absolute atomic E-state index is 12.5. The second kappa shape index (κ2) is 11.7. The van der Waals surface area contributed by atoms with Crippen LogP contribution < -0.4 is 4.72 Å². The van der Waals surface area contributed by atoms with Crippen molar-refractivity contribution in [3.63, 3.8) is 0 Å². The van der Waals surface area contributed by atoms with Gasteiger partial charge in [-0.3, -0.25) is 4.79 Å². The molecule has 0 radical (unpaired) electrons. The number of sulfonamides is 1. The zero-order valence-electron chi connectivity index (χ0n) is 20.9. The van der Waals surface area contributed by atoms with Crippen LogP contribution >= 0.6 is 0 Å². The number of aryl methyl sites for hydroxylation is 1. The Hall–Kier alpha value is -4.22. The van der Waals surface area contributed by atoms with Crippen LogP contribution in [0.3, 0.4) is 0 Å². The van der Waals surface area contributed by atoms with E-state index in [0.717, 1.165) is 34.2 Å². The lowest BCUT2D eigenvalue weighted by molar-refractivity contribution is -0.114. The third-order valence-corrected chi connectivity index (χ3v) is 7.35. The molecule has 0 unspecified atom stereocenters. The molecule has 0 aliphatic rings. The zero-order valence-corrected chi connectivity index (χ0v) is 21.7. The largest absolute Gasteiger partial charge is 0.269 e. The SMILES string of the molecule is CC/C(=C(\c1ccccc1)c1ccc(/C=C/C(=O)NS(=O)(=O)c2cccc(C)c2)cc1)c1ccccc1. The van der Waals surface area contributed by atoms with Gasteiger partial charge in [0.1, 0.15) is 0 Å². The van der Waals surface area contributed by atoms with E-state index < -0.39 is 15.9 Å². The van der Waals surface area contributed by atoms with E-state index in [4.69, 9.17) is 0 Å². The fourth-order valence-corrected chi connectivity index (χ4v) is 5.27. The highest BCUT2D eigenvalue weighted by Crippen LogP contribution is 2.34. The summed E-state index contributed by atoms with van der Waals surface area (Å²) in [6.45, 7) is 3.96. The van der Waals surface area contributed by atoms with Crippen LogP contribution in [0.1, 0.15) is 41.2 Å². The van der Waals surface area contributed by atoms with E-state index in [-0.39, 0.29) is 4.90 Å². The highest BCUT2D eigenvalue weighted by Gasteiger charge is 2.16. The number of hydrogen-bond donors (Lipinski definition) is 1. The zero-order chi connectivity index (χ0) is 26.3. The number of amides is 1. The van der Waals surface area contributed by atoms with Gasteiger partial charge in [-0.1, -0.05) is 104 Å². The quantitative estimate of drug-likeness (QED) is 0.209. The Morgan fingerprint density at radius 1 is 0.757 bits per heavy atom. The first-order valence-corrected chi connectivity index (χ1v) is 13.6. The van der Waals surface area contributed by atoms with Crippen molar-refractivity contribution in [1.29, 1.82) is 0 Å². The summed E-state index contributed by atoms with van der Waals surface area (Å²) in [5, 5.41) is 0.